The highest BCUT2D eigenvalue weighted by Gasteiger charge is 2.33. The lowest BCUT2D eigenvalue weighted by atomic mass is 10.0. The molecule has 2 aromatic carbocycles. The zero-order chi connectivity index (χ0) is 20.6. The minimum absolute atomic E-state index is 0.245. The third-order valence-electron chi connectivity index (χ3n) is 5.23. The van der Waals surface area contributed by atoms with Gasteiger partial charge in [-0.2, -0.15) is 13.2 Å². The van der Waals surface area contributed by atoms with Gasteiger partial charge in [0.15, 0.2) is 0 Å². The van der Waals surface area contributed by atoms with E-state index >= 15 is 0 Å². The maximum Gasteiger partial charge on any atom is 0.416 e. The summed E-state index contributed by atoms with van der Waals surface area (Å²) in [6, 6.07) is 7.94. The Morgan fingerprint density at radius 3 is 2.72 bits per heavy atom. The molecular formula is C21H22F4N4. The van der Waals surface area contributed by atoms with E-state index in [4.69, 9.17) is 0 Å². The van der Waals surface area contributed by atoms with Crippen LogP contribution in [0, 0.1) is 5.82 Å². The molecule has 154 valence electrons. The van der Waals surface area contributed by atoms with E-state index in [1.165, 1.54) is 18.2 Å². The summed E-state index contributed by atoms with van der Waals surface area (Å²) in [4.78, 5) is 6.71. The van der Waals surface area contributed by atoms with Crippen LogP contribution in [-0.2, 0) is 6.18 Å². The molecule has 2 heterocycles. The number of hydrogen-bond donors (Lipinski definition) is 2. The molecule has 29 heavy (non-hydrogen) atoms. The van der Waals surface area contributed by atoms with Gasteiger partial charge in [-0.25, -0.2) is 9.38 Å². The van der Waals surface area contributed by atoms with Crippen LogP contribution in [0.4, 0.5) is 34.6 Å². The molecular weight excluding hydrogens is 384 g/mol. The van der Waals surface area contributed by atoms with Crippen LogP contribution < -0.4 is 10.6 Å². The summed E-state index contributed by atoms with van der Waals surface area (Å²) in [6.07, 6.45) is -2.48. The summed E-state index contributed by atoms with van der Waals surface area (Å²) in [5.41, 5.74) is 1.04. The van der Waals surface area contributed by atoms with E-state index in [9.17, 15) is 17.6 Å². The Morgan fingerprint density at radius 2 is 1.97 bits per heavy atom. The minimum Gasteiger partial charge on any atom is -0.353 e. The van der Waals surface area contributed by atoms with Crippen molar-refractivity contribution >= 4 is 22.9 Å². The number of rotatable bonds is 2. The number of hydrogen-bond acceptors (Lipinski definition) is 4. The van der Waals surface area contributed by atoms with Gasteiger partial charge in [0.05, 0.1) is 16.9 Å². The van der Waals surface area contributed by atoms with E-state index in [2.05, 4.69) is 22.5 Å². The van der Waals surface area contributed by atoms with Crippen molar-refractivity contribution in [2.45, 2.75) is 32.0 Å². The number of alkyl halides is 3. The molecule has 0 bridgehead atoms. The molecule has 4 rings (SSSR count). The average molecular weight is 406 g/mol. The number of halogens is 4. The van der Waals surface area contributed by atoms with Crippen molar-refractivity contribution in [3.63, 3.8) is 0 Å². The van der Waals surface area contributed by atoms with Gasteiger partial charge < -0.3 is 15.5 Å². The molecule has 0 radical (unpaired) electrons. The van der Waals surface area contributed by atoms with Gasteiger partial charge in [-0.15, -0.1) is 0 Å². The van der Waals surface area contributed by atoms with E-state index in [0.717, 1.165) is 31.5 Å². The summed E-state index contributed by atoms with van der Waals surface area (Å²) in [5.74, 6) is 0.0418. The fourth-order valence-electron chi connectivity index (χ4n) is 3.84. The van der Waals surface area contributed by atoms with Crippen LogP contribution in [0.25, 0.3) is 0 Å². The summed E-state index contributed by atoms with van der Waals surface area (Å²) < 4.78 is 53.9. The zero-order valence-corrected chi connectivity index (χ0v) is 16.0. The molecule has 0 aromatic heterocycles. The topological polar surface area (TPSA) is 39.7 Å². The van der Waals surface area contributed by atoms with Crippen LogP contribution in [0.3, 0.4) is 0 Å². The zero-order valence-electron chi connectivity index (χ0n) is 16.0. The van der Waals surface area contributed by atoms with E-state index in [1.54, 1.807) is 6.07 Å². The number of nitrogens with one attached hydrogen (secondary N) is 2. The fraction of sp³-hybridized carbons (Fsp3) is 0.381. The Hall–Kier alpha value is -2.61. The first-order valence-electron chi connectivity index (χ1n) is 9.70. The van der Waals surface area contributed by atoms with Crippen molar-refractivity contribution in [3.05, 3.63) is 53.3 Å². The summed E-state index contributed by atoms with van der Waals surface area (Å²) in [6.45, 7) is 4.11. The van der Waals surface area contributed by atoms with Crippen LogP contribution in [0.1, 0.15) is 30.9 Å². The van der Waals surface area contributed by atoms with E-state index in [-0.39, 0.29) is 6.04 Å². The van der Waals surface area contributed by atoms with Gasteiger partial charge in [-0.05, 0) is 42.8 Å². The first kappa shape index (κ1) is 19.7. The Balaban J connectivity index is 1.83. The lowest BCUT2D eigenvalue weighted by Gasteiger charge is -2.36. The third-order valence-corrected chi connectivity index (χ3v) is 5.23. The second kappa shape index (κ2) is 7.67. The smallest absolute Gasteiger partial charge is 0.353 e. The highest BCUT2D eigenvalue weighted by molar-refractivity contribution is 6.08. The first-order valence-corrected chi connectivity index (χ1v) is 9.70. The third kappa shape index (κ3) is 4.07. The Labute approximate surface area is 166 Å². The molecule has 0 aliphatic carbocycles. The first-order chi connectivity index (χ1) is 13.8. The number of nitrogens with zero attached hydrogens (tertiary/aromatic N) is 2. The molecule has 1 saturated heterocycles. The Morgan fingerprint density at radius 1 is 1.14 bits per heavy atom. The maximum atomic E-state index is 13.8. The van der Waals surface area contributed by atoms with Gasteiger partial charge in [-0.1, -0.05) is 13.3 Å². The second-order valence-electron chi connectivity index (χ2n) is 7.37. The lowest BCUT2D eigenvalue weighted by Crippen LogP contribution is -2.52. The molecule has 2 aliphatic heterocycles. The van der Waals surface area contributed by atoms with Gasteiger partial charge >= 0.3 is 6.18 Å². The number of fused-ring (bicyclic) bond motifs is 2. The number of amidine groups is 1. The molecule has 2 N–H and O–H groups in total. The van der Waals surface area contributed by atoms with Crippen molar-refractivity contribution in [1.29, 1.82) is 0 Å². The van der Waals surface area contributed by atoms with Gasteiger partial charge in [0.1, 0.15) is 11.7 Å². The van der Waals surface area contributed by atoms with Crippen LogP contribution in [0.15, 0.2) is 41.4 Å². The second-order valence-corrected chi connectivity index (χ2v) is 7.37. The van der Waals surface area contributed by atoms with Gasteiger partial charge in [0, 0.05) is 36.9 Å². The predicted octanol–water partition coefficient (Wildman–Crippen LogP) is 5.05. The number of anilines is 2. The minimum atomic E-state index is -4.46. The summed E-state index contributed by atoms with van der Waals surface area (Å²) >= 11 is 0. The number of piperazine rings is 1. The average Bonchev–Trinajstić information content (AvgIpc) is 2.83. The monoisotopic (exact) mass is 406 g/mol. The lowest BCUT2D eigenvalue weighted by molar-refractivity contribution is -0.137. The Kier molecular flexibility index (Phi) is 5.21. The van der Waals surface area contributed by atoms with Crippen molar-refractivity contribution in [2.75, 3.05) is 25.0 Å². The molecule has 1 atom stereocenters. The largest absolute Gasteiger partial charge is 0.416 e. The molecule has 4 nitrogen and oxygen atoms in total. The predicted molar refractivity (Wildman–Crippen MR) is 106 cm³/mol. The molecule has 8 heteroatoms. The van der Waals surface area contributed by atoms with Crippen molar-refractivity contribution in [2.24, 2.45) is 4.99 Å². The summed E-state index contributed by atoms with van der Waals surface area (Å²) in [5, 5.41) is 6.51. The highest BCUT2D eigenvalue weighted by atomic mass is 19.4. The highest BCUT2D eigenvalue weighted by Crippen LogP contribution is 2.38. The normalized spacial score (nSPS) is 19.0. The number of aliphatic imine (C=N–C) groups is 1. The molecule has 2 aliphatic rings. The van der Waals surface area contributed by atoms with Crippen molar-refractivity contribution < 1.29 is 17.6 Å². The van der Waals surface area contributed by atoms with Crippen LogP contribution in [-0.4, -0.2) is 36.4 Å². The maximum absolute atomic E-state index is 13.8. The SMILES string of the molecule is CCC[C@H]1CN(C2=Nc3ccc(F)cc3Nc3ccc(C(F)(F)F)cc32)CCN1. The van der Waals surface area contributed by atoms with E-state index < -0.39 is 17.6 Å². The van der Waals surface area contributed by atoms with Crippen LogP contribution in [0.2, 0.25) is 0 Å². The molecule has 0 spiro atoms. The molecule has 2 aromatic rings. The molecule has 0 saturated carbocycles. The van der Waals surface area contributed by atoms with E-state index in [1.807, 2.05) is 4.90 Å². The summed E-state index contributed by atoms with van der Waals surface area (Å²) in [7, 11) is 0. The number of benzene rings is 2. The van der Waals surface area contributed by atoms with Crippen LogP contribution >= 0.6 is 0 Å². The van der Waals surface area contributed by atoms with E-state index in [0.29, 0.717) is 41.6 Å². The fourth-order valence-corrected chi connectivity index (χ4v) is 3.84. The molecule has 0 unspecified atom stereocenters. The van der Waals surface area contributed by atoms with Crippen molar-refractivity contribution in [1.82, 2.24) is 10.2 Å². The van der Waals surface area contributed by atoms with Gasteiger partial charge in [-0.3, -0.25) is 0 Å². The molecule has 1 fully saturated rings. The molecule has 0 amide bonds. The van der Waals surface area contributed by atoms with Gasteiger partial charge in [0.2, 0.25) is 0 Å². The van der Waals surface area contributed by atoms with Crippen LogP contribution in [0.5, 0.6) is 0 Å². The van der Waals surface area contributed by atoms with Gasteiger partial charge in [0.25, 0.3) is 0 Å². The quantitative estimate of drug-likeness (QED) is 0.686. The standard InChI is InChI=1S/C21H22F4N4/c1-2-3-15-12-29(9-8-26-15)20-16-10-13(21(23,24)25)4-6-17(16)27-19-11-14(22)5-7-18(19)28-20/h4-7,10-11,15,26-27H,2-3,8-9,12H2,1H3/t15-/m0/s1. The van der Waals surface area contributed by atoms with Crippen molar-refractivity contribution in [3.8, 4) is 0 Å². The Bertz CT molecular complexity index is 937.